The predicted molar refractivity (Wildman–Crippen MR) is 113 cm³/mol. The van der Waals surface area contributed by atoms with Crippen molar-refractivity contribution in [1.82, 2.24) is 0 Å². The smallest absolute Gasteiger partial charge is 0.0528 e. The van der Waals surface area contributed by atoms with Gasteiger partial charge in [0, 0.05) is 19.5 Å². The van der Waals surface area contributed by atoms with E-state index in [1.54, 1.807) is 0 Å². The van der Waals surface area contributed by atoms with Gasteiger partial charge in [-0.1, -0.05) is 12.1 Å². The van der Waals surface area contributed by atoms with Gasteiger partial charge in [-0.15, -0.1) is 45.3 Å². The Morgan fingerprint density at radius 1 is 0.625 bits per heavy atom. The second-order valence-corrected chi connectivity index (χ2v) is 9.93. The normalized spacial score (nSPS) is 11.8. The highest BCUT2D eigenvalue weighted by atomic mass is 32.1. The topological polar surface area (TPSA) is 0 Å². The highest BCUT2D eigenvalue weighted by Crippen LogP contribution is 2.45. The molecule has 0 amide bonds. The molecule has 0 spiro atoms. The molecule has 0 unspecified atom stereocenters. The monoisotopic (exact) mass is 382 g/mol. The molecule has 0 saturated heterocycles. The van der Waals surface area contributed by atoms with Gasteiger partial charge < -0.3 is 0 Å². The number of benzene rings is 1. The molecule has 5 aromatic rings. The van der Waals surface area contributed by atoms with Crippen LogP contribution >= 0.6 is 45.3 Å². The number of rotatable bonds is 2. The molecule has 24 heavy (non-hydrogen) atoms. The van der Waals surface area contributed by atoms with E-state index in [9.17, 15) is 0 Å². The first-order valence-corrected chi connectivity index (χ1v) is 11.1. The second kappa shape index (κ2) is 5.53. The quantitative estimate of drug-likeness (QED) is 0.289. The summed E-state index contributed by atoms with van der Waals surface area (Å²) in [6.07, 6.45) is 0. The van der Waals surface area contributed by atoms with Crippen LogP contribution in [0.15, 0.2) is 47.2 Å². The van der Waals surface area contributed by atoms with Crippen LogP contribution in [0, 0.1) is 13.8 Å². The second-order valence-electron chi connectivity index (χ2n) is 5.99. The van der Waals surface area contributed by atoms with E-state index in [-0.39, 0.29) is 0 Å². The predicted octanol–water partition coefficient (Wildman–Crippen LogP) is 8.19. The number of fused-ring (bicyclic) bond motifs is 3. The van der Waals surface area contributed by atoms with Crippen molar-refractivity contribution < 1.29 is 0 Å². The van der Waals surface area contributed by atoms with E-state index in [1.165, 1.54) is 50.8 Å². The van der Waals surface area contributed by atoms with E-state index in [1.807, 2.05) is 45.3 Å². The molecule has 0 aliphatic heterocycles. The largest absolute Gasteiger partial charge is 0.143 e. The molecule has 1 aromatic carbocycles. The zero-order valence-corrected chi connectivity index (χ0v) is 16.5. The van der Waals surface area contributed by atoms with Gasteiger partial charge in [-0.05, 0) is 70.8 Å². The fraction of sp³-hybridized carbons (Fsp3) is 0.100. The van der Waals surface area contributed by atoms with Crippen molar-refractivity contribution in [1.29, 1.82) is 0 Å². The van der Waals surface area contributed by atoms with Crippen molar-refractivity contribution in [3.8, 4) is 19.5 Å². The van der Waals surface area contributed by atoms with Crippen molar-refractivity contribution in [2.75, 3.05) is 0 Å². The van der Waals surface area contributed by atoms with Gasteiger partial charge in [0.15, 0.2) is 0 Å². The van der Waals surface area contributed by atoms with Gasteiger partial charge in [-0.3, -0.25) is 0 Å². The summed E-state index contributed by atoms with van der Waals surface area (Å²) in [7, 11) is 0. The van der Waals surface area contributed by atoms with E-state index in [0.717, 1.165) is 0 Å². The molecular formula is C20H14S4. The highest BCUT2D eigenvalue weighted by molar-refractivity contribution is 7.32. The minimum atomic E-state index is 1.37. The number of hydrogen-bond acceptors (Lipinski definition) is 4. The Bertz CT molecular complexity index is 1090. The molecule has 0 fully saturated rings. The molecule has 0 radical (unpaired) electrons. The summed E-state index contributed by atoms with van der Waals surface area (Å²) < 4.78 is 2.86. The van der Waals surface area contributed by atoms with E-state index in [4.69, 9.17) is 0 Å². The summed E-state index contributed by atoms with van der Waals surface area (Å²) in [5.41, 5.74) is 2.76. The van der Waals surface area contributed by atoms with Gasteiger partial charge in [0.1, 0.15) is 0 Å². The first kappa shape index (κ1) is 14.8. The Hall–Kier alpha value is -1.46. The first-order valence-electron chi connectivity index (χ1n) is 7.76. The molecule has 0 saturated carbocycles. The van der Waals surface area contributed by atoms with Gasteiger partial charge >= 0.3 is 0 Å². The van der Waals surface area contributed by atoms with E-state index < -0.39 is 0 Å². The van der Waals surface area contributed by atoms with Gasteiger partial charge in [0.2, 0.25) is 0 Å². The van der Waals surface area contributed by atoms with Gasteiger partial charge in [-0.2, -0.15) is 0 Å². The Morgan fingerprint density at radius 3 is 1.46 bits per heavy atom. The van der Waals surface area contributed by atoms with Crippen molar-refractivity contribution in [2.45, 2.75) is 13.8 Å². The lowest BCUT2D eigenvalue weighted by Crippen LogP contribution is -1.67. The Kier molecular flexibility index (Phi) is 3.42. The van der Waals surface area contributed by atoms with Crippen LogP contribution in [0.2, 0.25) is 0 Å². The number of hydrogen-bond donors (Lipinski definition) is 0. The fourth-order valence-corrected chi connectivity index (χ4v) is 7.76. The van der Waals surface area contributed by atoms with Crippen LogP contribution in [0.25, 0.3) is 39.7 Å². The minimum Gasteiger partial charge on any atom is -0.143 e. The van der Waals surface area contributed by atoms with Crippen LogP contribution in [0.5, 0.6) is 0 Å². The molecule has 4 aromatic heterocycles. The SMILES string of the molecule is Cc1ccsc1-c1cc2ccc3cc(-c4sccc4C)sc3c2s1. The molecule has 0 nitrogen and oxygen atoms in total. The number of aryl methyl sites for hydroxylation is 2. The molecule has 4 heteroatoms. The van der Waals surface area contributed by atoms with E-state index in [2.05, 4.69) is 61.0 Å². The van der Waals surface area contributed by atoms with Crippen LogP contribution in [-0.2, 0) is 0 Å². The molecular weight excluding hydrogens is 368 g/mol. The van der Waals surface area contributed by atoms with E-state index in [0.29, 0.717) is 0 Å². The fourth-order valence-electron chi connectivity index (χ4n) is 3.07. The average Bonchev–Trinajstić information content (AvgIpc) is 3.29. The average molecular weight is 383 g/mol. The van der Waals surface area contributed by atoms with Crippen molar-refractivity contribution in [2.24, 2.45) is 0 Å². The molecule has 0 atom stereocenters. The van der Waals surface area contributed by atoms with Crippen molar-refractivity contribution in [3.05, 3.63) is 58.3 Å². The summed E-state index contributed by atoms with van der Waals surface area (Å²) in [4.78, 5) is 5.62. The molecule has 0 aliphatic carbocycles. The van der Waals surface area contributed by atoms with Gasteiger partial charge in [-0.25, -0.2) is 0 Å². The van der Waals surface area contributed by atoms with Crippen molar-refractivity contribution in [3.63, 3.8) is 0 Å². The van der Waals surface area contributed by atoms with Gasteiger partial charge in [0.05, 0.1) is 9.40 Å². The van der Waals surface area contributed by atoms with Crippen molar-refractivity contribution >= 4 is 65.5 Å². The summed E-state index contributed by atoms with van der Waals surface area (Å²) in [5.74, 6) is 0. The standard InChI is InChI=1S/C20H14S4/c1-11-5-7-21-17(11)15-9-13-3-4-14-10-16(18-12(2)6-8-22-18)24-20(14)19(13)23-15/h3-10H,1-2H3. The third-order valence-electron chi connectivity index (χ3n) is 4.34. The molecule has 4 heterocycles. The maximum Gasteiger partial charge on any atom is 0.0528 e. The lowest BCUT2D eigenvalue weighted by Gasteiger charge is -1.93. The van der Waals surface area contributed by atoms with Crippen LogP contribution in [-0.4, -0.2) is 0 Å². The Balaban J connectivity index is 1.75. The highest BCUT2D eigenvalue weighted by Gasteiger charge is 2.14. The zero-order chi connectivity index (χ0) is 16.3. The third-order valence-corrected chi connectivity index (χ3v) is 9.20. The Morgan fingerprint density at radius 2 is 1.08 bits per heavy atom. The maximum atomic E-state index is 2.36. The third kappa shape index (κ3) is 2.21. The Labute approximate surface area is 156 Å². The summed E-state index contributed by atoms with van der Waals surface area (Å²) in [6, 6.07) is 13.7. The zero-order valence-electron chi connectivity index (χ0n) is 13.3. The van der Waals surface area contributed by atoms with Crippen LogP contribution < -0.4 is 0 Å². The molecule has 118 valence electrons. The molecule has 5 rings (SSSR count). The van der Waals surface area contributed by atoms with Crippen LogP contribution in [0.3, 0.4) is 0 Å². The van der Waals surface area contributed by atoms with Crippen LogP contribution in [0.1, 0.15) is 11.1 Å². The minimum absolute atomic E-state index is 1.37. The lowest BCUT2D eigenvalue weighted by molar-refractivity contribution is 1.56. The van der Waals surface area contributed by atoms with Crippen LogP contribution in [0.4, 0.5) is 0 Å². The molecule has 0 aliphatic rings. The van der Waals surface area contributed by atoms with Gasteiger partial charge in [0.25, 0.3) is 0 Å². The summed E-state index contributed by atoms with van der Waals surface area (Å²) in [6.45, 7) is 4.41. The first-order chi connectivity index (χ1) is 11.7. The molecule has 0 N–H and O–H groups in total. The molecule has 0 bridgehead atoms. The lowest BCUT2D eigenvalue weighted by atomic mass is 10.2. The number of thiophene rings is 4. The van der Waals surface area contributed by atoms with E-state index >= 15 is 0 Å². The summed E-state index contributed by atoms with van der Waals surface area (Å²) >= 11 is 7.56. The summed E-state index contributed by atoms with van der Waals surface area (Å²) in [5, 5.41) is 7.11. The maximum absolute atomic E-state index is 2.36.